The lowest BCUT2D eigenvalue weighted by atomic mass is 10.2. The number of nitrogens with zero attached hydrogens (tertiary/aromatic N) is 5. The molecule has 0 aliphatic heterocycles. The Morgan fingerprint density at radius 3 is 2.71 bits per heavy atom. The van der Waals surface area contributed by atoms with Gasteiger partial charge in [0.1, 0.15) is 6.54 Å². The lowest BCUT2D eigenvalue weighted by Crippen LogP contribution is -2.38. The number of carbonyl (C=O) groups is 1. The second-order valence-corrected chi connectivity index (χ2v) is 5.61. The lowest BCUT2D eigenvalue weighted by molar-refractivity contribution is -0.133. The SMILES string of the molecule is COCCN(Cc1c(C)nn(C)c1C)C(=O)Cn1cccnc1=O. The van der Waals surface area contributed by atoms with Crippen LogP contribution in [0.1, 0.15) is 17.0 Å². The van der Waals surface area contributed by atoms with E-state index in [-0.39, 0.29) is 12.5 Å². The fraction of sp³-hybridized carbons (Fsp3) is 0.500. The molecule has 130 valence electrons. The van der Waals surface area contributed by atoms with E-state index < -0.39 is 5.69 Å². The van der Waals surface area contributed by atoms with Crippen LogP contribution in [0.25, 0.3) is 0 Å². The molecule has 0 radical (unpaired) electrons. The second-order valence-electron chi connectivity index (χ2n) is 5.61. The summed E-state index contributed by atoms with van der Waals surface area (Å²) in [6.07, 6.45) is 2.97. The minimum absolute atomic E-state index is 0.0469. The van der Waals surface area contributed by atoms with E-state index >= 15 is 0 Å². The molecule has 0 unspecified atom stereocenters. The minimum Gasteiger partial charge on any atom is -0.383 e. The van der Waals surface area contributed by atoms with Gasteiger partial charge in [0, 0.05) is 50.9 Å². The first-order valence-corrected chi connectivity index (χ1v) is 7.71. The highest BCUT2D eigenvalue weighted by atomic mass is 16.5. The summed E-state index contributed by atoms with van der Waals surface area (Å²) in [6.45, 7) is 5.15. The molecule has 0 fully saturated rings. The maximum atomic E-state index is 12.7. The summed E-state index contributed by atoms with van der Waals surface area (Å²) in [5.41, 5.74) is 2.48. The zero-order valence-electron chi connectivity index (χ0n) is 14.5. The first-order valence-electron chi connectivity index (χ1n) is 7.71. The fourth-order valence-electron chi connectivity index (χ4n) is 2.48. The number of hydrogen-bond acceptors (Lipinski definition) is 5. The van der Waals surface area contributed by atoms with Crippen LogP contribution in [0.5, 0.6) is 0 Å². The van der Waals surface area contributed by atoms with E-state index in [9.17, 15) is 9.59 Å². The highest BCUT2D eigenvalue weighted by molar-refractivity contribution is 5.76. The Morgan fingerprint density at radius 2 is 2.12 bits per heavy atom. The quantitative estimate of drug-likeness (QED) is 0.726. The first-order chi connectivity index (χ1) is 11.4. The Kier molecular flexibility index (Phi) is 5.86. The summed E-state index contributed by atoms with van der Waals surface area (Å²) in [4.78, 5) is 29.7. The molecule has 0 N–H and O–H groups in total. The van der Waals surface area contributed by atoms with Crippen molar-refractivity contribution in [2.45, 2.75) is 26.9 Å². The van der Waals surface area contributed by atoms with Crippen molar-refractivity contribution in [1.29, 1.82) is 0 Å². The van der Waals surface area contributed by atoms with Gasteiger partial charge in [0.25, 0.3) is 0 Å². The zero-order valence-corrected chi connectivity index (χ0v) is 14.5. The molecule has 0 atom stereocenters. The maximum Gasteiger partial charge on any atom is 0.347 e. The van der Waals surface area contributed by atoms with Gasteiger partial charge in [-0.25, -0.2) is 9.78 Å². The summed E-state index contributed by atoms with van der Waals surface area (Å²) >= 11 is 0. The van der Waals surface area contributed by atoms with Crippen LogP contribution < -0.4 is 5.69 Å². The van der Waals surface area contributed by atoms with Crippen LogP contribution in [-0.2, 0) is 29.7 Å². The Balaban J connectivity index is 2.19. The molecule has 0 aliphatic carbocycles. The highest BCUT2D eigenvalue weighted by Gasteiger charge is 2.19. The number of carbonyl (C=O) groups excluding carboxylic acids is 1. The number of methoxy groups -OCH3 is 1. The van der Waals surface area contributed by atoms with Gasteiger partial charge in [0.05, 0.1) is 12.3 Å². The van der Waals surface area contributed by atoms with Gasteiger partial charge in [0.2, 0.25) is 5.91 Å². The Bertz CT molecular complexity index is 765. The van der Waals surface area contributed by atoms with Gasteiger partial charge in [-0.05, 0) is 19.9 Å². The monoisotopic (exact) mass is 333 g/mol. The van der Waals surface area contributed by atoms with Gasteiger partial charge in [-0.3, -0.25) is 14.0 Å². The molecule has 0 bridgehead atoms. The Hall–Kier alpha value is -2.48. The molecular weight excluding hydrogens is 310 g/mol. The van der Waals surface area contributed by atoms with Crippen molar-refractivity contribution in [2.75, 3.05) is 20.3 Å². The highest BCUT2D eigenvalue weighted by Crippen LogP contribution is 2.15. The molecule has 2 rings (SSSR count). The van der Waals surface area contributed by atoms with Gasteiger partial charge in [0.15, 0.2) is 0 Å². The van der Waals surface area contributed by atoms with E-state index in [0.29, 0.717) is 19.7 Å². The van der Waals surface area contributed by atoms with Crippen molar-refractivity contribution in [3.8, 4) is 0 Å². The van der Waals surface area contributed by atoms with Crippen LogP contribution in [0.3, 0.4) is 0 Å². The van der Waals surface area contributed by atoms with Crippen molar-refractivity contribution in [2.24, 2.45) is 7.05 Å². The predicted molar refractivity (Wildman–Crippen MR) is 88.5 cm³/mol. The summed E-state index contributed by atoms with van der Waals surface area (Å²) in [5, 5.41) is 4.38. The Morgan fingerprint density at radius 1 is 1.38 bits per heavy atom. The van der Waals surface area contributed by atoms with E-state index in [1.54, 1.807) is 29.0 Å². The third-order valence-electron chi connectivity index (χ3n) is 4.01. The first kappa shape index (κ1) is 17.9. The van der Waals surface area contributed by atoms with Crippen LogP contribution in [0.2, 0.25) is 0 Å². The van der Waals surface area contributed by atoms with Gasteiger partial charge < -0.3 is 9.64 Å². The molecule has 1 amide bonds. The van der Waals surface area contributed by atoms with Gasteiger partial charge >= 0.3 is 5.69 Å². The number of rotatable bonds is 7. The van der Waals surface area contributed by atoms with Crippen LogP contribution in [0.4, 0.5) is 0 Å². The van der Waals surface area contributed by atoms with Crippen LogP contribution >= 0.6 is 0 Å². The average molecular weight is 333 g/mol. The smallest absolute Gasteiger partial charge is 0.347 e. The van der Waals surface area contributed by atoms with Gasteiger partial charge in [-0.15, -0.1) is 0 Å². The van der Waals surface area contributed by atoms with Crippen molar-refractivity contribution in [3.63, 3.8) is 0 Å². The minimum atomic E-state index is -0.439. The van der Waals surface area contributed by atoms with Crippen molar-refractivity contribution in [1.82, 2.24) is 24.2 Å². The molecule has 0 aromatic carbocycles. The van der Waals surface area contributed by atoms with Crippen LogP contribution in [0, 0.1) is 13.8 Å². The normalized spacial score (nSPS) is 10.8. The van der Waals surface area contributed by atoms with Crippen LogP contribution in [-0.4, -0.2) is 50.4 Å². The van der Waals surface area contributed by atoms with E-state index in [4.69, 9.17) is 4.74 Å². The molecule has 0 spiro atoms. The van der Waals surface area contributed by atoms with E-state index in [1.165, 1.54) is 10.8 Å². The number of aryl methyl sites for hydroxylation is 2. The number of aromatic nitrogens is 4. The van der Waals surface area contributed by atoms with Gasteiger partial charge in [-0.1, -0.05) is 0 Å². The molecule has 0 aliphatic rings. The van der Waals surface area contributed by atoms with Gasteiger partial charge in [-0.2, -0.15) is 5.10 Å². The van der Waals surface area contributed by atoms with E-state index in [0.717, 1.165) is 17.0 Å². The molecule has 8 nitrogen and oxygen atoms in total. The third-order valence-corrected chi connectivity index (χ3v) is 4.01. The standard InChI is InChI=1S/C16H23N5O3/c1-12-14(13(2)19(3)18-12)10-20(8-9-24-4)15(22)11-21-7-5-6-17-16(21)23/h5-7H,8-11H2,1-4H3. The summed E-state index contributed by atoms with van der Waals surface area (Å²) < 4.78 is 8.20. The molecule has 2 aromatic rings. The maximum absolute atomic E-state index is 12.7. The van der Waals surface area contributed by atoms with Crippen molar-refractivity contribution >= 4 is 5.91 Å². The fourth-order valence-corrected chi connectivity index (χ4v) is 2.48. The molecule has 0 saturated heterocycles. The molecule has 2 heterocycles. The molecule has 24 heavy (non-hydrogen) atoms. The number of ether oxygens (including phenoxy) is 1. The van der Waals surface area contributed by atoms with E-state index in [1.807, 2.05) is 20.9 Å². The van der Waals surface area contributed by atoms with Crippen molar-refractivity contribution in [3.05, 3.63) is 45.9 Å². The summed E-state index contributed by atoms with van der Waals surface area (Å²) in [7, 11) is 3.47. The summed E-state index contributed by atoms with van der Waals surface area (Å²) in [6, 6.07) is 1.63. The van der Waals surface area contributed by atoms with E-state index in [2.05, 4.69) is 10.1 Å². The largest absolute Gasteiger partial charge is 0.383 e. The molecular formula is C16H23N5O3. The predicted octanol–water partition coefficient (Wildman–Crippen LogP) is 0.269. The number of hydrogen-bond donors (Lipinski definition) is 0. The number of amides is 1. The molecule has 0 saturated carbocycles. The van der Waals surface area contributed by atoms with Crippen molar-refractivity contribution < 1.29 is 9.53 Å². The molecule has 2 aromatic heterocycles. The Labute approximate surface area is 140 Å². The zero-order chi connectivity index (χ0) is 17.7. The lowest BCUT2D eigenvalue weighted by Gasteiger charge is -2.23. The third kappa shape index (κ3) is 4.08. The molecule has 8 heteroatoms. The average Bonchev–Trinajstić information content (AvgIpc) is 2.79. The summed E-state index contributed by atoms with van der Waals surface area (Å²) in [5.74, 6) is -0.162. The van der Waals surface area contributed by atoms with Crippen LogP contribution in [0.15, 0.2) is 23.3 Å². The second kappa shape index (κ2) is 7.87. The topological polar surface area (TPSA) is 82.2 Å².